The SMILES string of the molecule is C#CC#CC#CC#CC#CC#CC#CC#CC#CC#CC#CC#CC#CC#CC#CC#CC#CC#CC#CC#CC#CC#CC#CC#CC#CC#CC#CC#CC#CC#CC#CC#CC#CC#CC#CC.CC.CC.c1ccc(-c2c3ccccc3c(Cc3c4ccccc4c(-c4ccccc4)c4ccccc34)c3ccccc23)cc1. The van der Waals surface area contributed by atoms with E-state index in [2.05, 4.69) is 566 Å². The van der Waals surface area contributed by atoms with Gasteiger partial charge in [-0.25, -0.2) is 0 Å². The molecule has 116 heavy (non-hydrogen) atoms. The van der Waals surface area contributed by atoms with Crippen LogP contribution in [0, 0.1) is 415 Å². The van der Waals surface area contributed by atoms with Crippen molar-refractivity contribution in [1.29, 1.82) is 0 Å². The molecule has 0 spiro atoms. The second kappa shape index (κ2) is 59.7. The summed E-state index contributed by atoms with van der Waals surface area (Å²) in [5.74, 6) is 172. The van der Waals surface area contributed by atoms with Crippen LogP contribution in [0.4, 0.5) is 0 Å². The number of rotatable bonds is 4. The maximum Gasteiger partial charge on any atom is 0 e. The Balaban J connectivity index is 0.000000443. The number of hydrogen-bond donors (Lipinski definition) is 0. The summed E-state index contributed by atoms with van der Waals surface area (Å²) in [6, 6.07) is 57.5. The third-order valence-corrected chi connectivity index (χ3v) is 12.9. The Labute approximate surface area is 685 Å². The van der Waals surface area contributed by atoms with E-state index in [-0.39, 0.29) is 0 Å². The van der Waals surface area contributed by atoms with E-state index in [9.17, 15) is 0 Å². The molecule has 0 radical (unpaired) electrons. The Bertz CT molecular complexity index is 7480. The summed E-state index contributed by atoms with van der Waals surface area (Å²) in [6.07, 6.45) is 5.80. The molecule has 0 N–H and O–H groups in total. The van der Waals surface area contributed by atoms with Crippen molar-refractivity contribution in [1.82, 2.24) is 0 Å². The van der Waals surface area contributed by atoms with E-state index in [1.54, 1.807) is 6.92 Å². The minimum atomic E-state index is 0.853. The van der Waals surface area contributed by atoms with Crippen LogP contribution in [0.25, 0.3) is 65.3 Å². The van der Waals surface area contributed by atoms with E-state index in [0.29, 0.717) is 0 Å². The first-order chi connectivity index (χ1) is 57.8. The van der Waals surface area contributed by atoms with Crippen molar-refractivity contribution in [3.63, 3.8) is 0 Å². The maximum atomic E-state index is 4.95. The minimum absolute atomic E-state index is 0.853. The van der Waals surface area contributed by atoms with Crippen LogP contribution in [-0.4, -0.2) is 0 Å². The quantitative estimate of drug-likeness (QED) is 0.122. The van der Waals surface area contributed by atoms with Gasteiger partial charge in [-0.15, -0.1) is 6.42 Å². The molecule has 8 rings (SSSR count). The summed E-state index contributed by atoms with van der Waals surface area (Å²) in [6.45, 7) is 9.68. The van der Waals surface area contributed by atoms with E-state index in [1.807, 2.05) is 27.7 Å². The average Bonchev–Trinajstić information content (AvgIpc) is 0.732. The molecule has 0 amide bonds. The molecular weight excluding hydrogens is 1390 g/mol. The predicted octanol–water partition coefficient (Wildman–Crippen LogP) is 14.0. The summed E-state index contributed by atoms with van der Waals surface area (Å²) in [5.41, 5.74) is 7.92. The molecule has 8 aromatic rings. The summed E-state index contributed by atoms with van der Waals surface area (Å²) in [4.78, 5) is 0. The predicted molar refractivity (Wildman–Crippen MR) is 478 cm³/mol. The van der Waals surface area contributed by atoms with Crippen LogP contribution in [-0.2, 0) is 6.42 Å². The second-order valence-electron chi connectivity index (χ2n) is 19.6. The van der Waals surface area contributed by atoms with E-state index < -0.39 is 0 Å². The van der Waals surface area contributed by atoms with Gasteiger partial charge in [-0.2, -0.15) is 0 Å². The van der Waals surface area contributed by atoms with Crippen LogP contribution in [0.1, 0.15) is 45.7 Å². The third-order valence-electron chi connectivity index (χ3n) is 12.9. The van der Waals surface area contributed by atoms with Crippen LogP contribution in [0.15, 0.2) is 158 Å². The highest BCUT2D eigenvalue weighted by Gasteiger charge is 2.20. The molecule has 0 aromatic heterocycles. The summed E-state index contributed by atoms with van der Waals surface area (Å²) < 4.78 is 0. The highest BCUT2D eigenvalue weighted by molar-refractivity contribution is 6.18. The number of benzene rings is 8. The van der Waals surface area contributed by atoms with Gasteiger partial charge < -0.3 is 0 Å². The maximum absolute atomic E-state index is 4.95. The van der Waals surface area contributed by atoms with Gasteiger partial charge in [0.1, 0.15) is 0 Å². The lowest BCUT2D eigenvalue weighted by molar-refractivity contribution is 1.28. The van der Waals surface area contributed by atoms with Crippen molar-refractivity contribution in [3.05, 3.63) is 169 Å². The zero-order chi connectivity index (χ0) is 82.0. The van der Waals surface area contributed by atoms with Crippen LogP contribution in [0.2, 0.25) is 0 Å². The molecule has 508 valence electrons. The Morgan fingerprint density at radius 1 is 0.164 bits per heavy atom. The molecule has 0 aliphatic carbocycles. The molecule has 0 fully saturated rings. The van der Waals surface area contributed by atoms with Crippen molar-refractivity contribution in [3.8, 4) is 437 Å². The first kappa shape index (κ1) is 86.0. The van der Waals surface area contributed by atoms with E-state index in [0.717, 1.165) is 6.42 Å². The molecule has 0 unspecified atom stereocenters. The molecule has 8 aromatic carbocycles. The molecule has 0 aliphatic rings. The van der Waals surface area contributed by atoms with Crippen molar-refractivity contribution in [2.24, 2.45) is 0 Å². The van der Waals surface area contributed by atoms with Gasteiger partial charge >= 0.3 is 0 Å². The van der Waals surface area contributed by atoms with Crippen LogP contribution < -0.4 is 0 Å². The Hall–Kier alpha value is -20.6. The van der Waals surface area contributed by atoms with Crippen LogP contribution in [0.3, 0.4) is 0 Å². The van der Waals surface area contributed by atoms with E-state index >= 15 is 0 Å². The fraction of sp³-hybridized carbons (Fsp3) is 0.0517. The lowest BCUT2D eigenvalue weighted by Gasteiger charge is -2.20. The molecule has 0 saturated heterocycles. The smallest absolute Gasteiger partial charge is 0 e. The molecule has 0 bridgehead atoms. The third kappa shape index (κ3) is 34.8. The average molecular weight is 1440 g/mol. The Morgan fingerprint density at radius 2 is 0.293 bits per heavy atom. The highest BCUT2D eigenvalue weighted by Crippen LogP contribution is 2.44. The van der Waals surface area contributed by atoms with Gasteiger partial charge in [0.25, 0.3) is 0 Å². The summed E-state index contributed by atoms with van der Waals surface area (Å²) in [5, 5.41) is 10.5. The van der Waals surface area contributed by atoms with E-state index in [1.165, 1.54) is 76.5 Å². The second-order valence-corrected chi connectivity index (χ2v) is 19.6. The molecule has 0 atom stereocenters. The topological polar surface area (TPSA) is 0 Å². The first-order valence-electron chi connectivity index (χ1n) is 34.1. The minimum Gasteiger partial charge on any atom is -0.106 e. The van der Waals surface area contributed by atoms with Gasteiger partial charge in [-0.3, -0.25) is 0 Å². The highest BCUT2D eigenvalue weighted by atomic mass is 14.2. The monoisotopic (exact) mass is 1440 g/mol. The molecule has 0 heterocycles. The Kier molecular flexibility index (Phi) is 44.3. The molecular formula is C116H44. The van der Waals surface area contributed by atoms with Gasteiger partial charge in [-0.05, 0) is 185 Å². The number of hydrogen-bond acceptors (Lipinski definition) is 0. The first-order valence-corrected chi connectivity index (χ1v) is 34.1. The van der Waals surface area contributed by atoms with Gasteiger partial charge in [0.15, 0.2) is 0 Å². The van der Waals surface area contributed by atoms with E-state index in [4.69, 9.17) is 6.42 Å². The van der Waals surface area contributed by atoms with Gasteiger partial charge in [-0.1, -0.05) is 191 Å². The zero-order valence-corrected chi connectivity index (χ0v) is 62.8. The fourth-order valence-electron chi connectivity index (χ4n) is 8.96. The molecule has 0 saturated carbocycles. The normalized spacial score (nSPS) is 6.59. The molecule has 0 aliphatic heterocycles. The van der Waals surface area contributed by atoms with Crippen molar-refractivity contribution >= 4 is 43.1 Å². The largest absolute Gasteiger partial charge is 0.106 e. The van der Waals surface area contributed by atoms with Crippen molar-refractivity contribution in [2.45, 2.75) is 41.0 Å². The Morgan fingerprint density at radius 3 is 0.440 bits per heavy atom. The van der Waals surface area contributed by atoms with Crippen LogP contribution in [0.5, 0.6) is 0 Å². The lowest BCUT2D eigenvalue weighted by Crippen LogP contribution is -1.98. The van der Waals surface area contributed by atoms with Crippen LogP contribution >= 0.6 is 0 Å². The number of fused-ring (bicyclic) bond motifs is 4. The fourth-order valence-corrected chi connectivity index (χ4v) is 8.96. The lowest BCUT2D eigenvalue weighted by atomic mass is 9.83. The molecule has 0 heteroatoms. The van der Waals surface area contributed by atoms with Gasteiger partial charge in [0.05, 0.1) is 0 Å². The van der Waals surface area contributed by atoms with Crippen molar-refractivity contribution in [2.75, 3.05) is 0 Å². The number of terminal acetylenes is 1. The van der Waals surface area contributed by atoms with Gasteiger partial charge in [0, 0.05) is 308 Å². The zero-order valence-electron chi connectivity index (χ0n) is 62.8. The van der Waals surface area contributed by atoms with Crippen molar-refractivity contribution < 1.29 is 0 Å². The molecule has 0 nitrogen and oxygen atoms in total. The summed E-state index contributed by atoms with van der Waals surface area (Å²) in [7, 11) is 0. The standard InChI is InChI=1S/C71H4.C41H28.2C2H6/c1-3-5-7-9-11-13-15-17-19-21-23-25-27-29-31-33-35-37-39-41-43-45-47-49-51-53-55-57-59-61-63-65-67-69-71-70-68-66-64-62-60-58-56-54-52-50-48-46-44-42-40-38-36-34-32-30-28-26-24-22-20-18-16-14-12-10-8-6-4-2;1-3-15-28(16-4-1)40-34-23-11-7-19-30(34)38(31-20-8-12-24-35(31)40)27-39-32-21-9-13-25-36(32)41(29-17-5-2-6-18-29)37-26-14-10-22-33(37)39;2*1-2/h1H,2H3;1-26H,27H2;2*1-2H3. The van der Waals surface area contributed by atoms with Gasteiger partial charge in [0.2, 0.25) is 0 Å². The summed E-state index contributed by atoms with van der Waals surface area (Å²) >= 11 is 0.